The van der Waals surface area contributed by atoms with Gasteiger partial charge in [-0.2, -0.15) is 0 Å². The number of amides is 1. The van der Waals surface area contributed by atoms with E-state index in [1.165, 1.54) is 5.57 Å². The van der Waals surface area contributed by atoms with Gasteiger partial charge in [-0.15, -0.1) is 0 Å². The van der Waals surface area contributed by atoms with E-state index in [1.54, 1.807) is 0 Å². The Bertz CT molecular complexity index is 633. The number of nitrogens with one attached hydrogen (secondary N) is 1. The lowest BCUT2D eigenvalue weighted by atomic mass is 10.0. The standard InChI is InChI=1S/C18H22F2N2O2/c1-12(9-13-5-3-2-4-6-13)14-10-15(14)21-16-7-8-22(17(23)24)11-18(16,19)20/h2-6,9,14-16,21H,7-8,10-11H2,1H3,(H,23,24). The molecule has 2 aliphatic rings. The maximum atomic E-state index is 14.2. The predicted octanol–water partition coefficient (Wildman–Crippen LogP) is 3.46. The summed E-state index contributed by atoms with van der Waals surface area (Å²) in [5.41, 5.74) is 2.30. The molecule has 0 radical (unpaired) electrons. The van der Waals surface area contributed by atoms with E-state index in [0.29, 0.717) is 0 Å². The van der Waals surface area contributed by atoms with E-state index in [4.69, 9.17) is 5.11 Å². The summed E-state index contributed by atoms with van der Waals surface area (Å²) in [5.74, 6) is -2.75. The maximum Gasteiger partial charge on any atom is 0.407 e. The minimum Gasteiger partial charge on any atom is -0.465 e. The Kier molecular flexibility index (Phi) is 4.58. The van der Waals surface area contributed by atoms with E-state index >= 15 is 0 Å². The van der Waals surface area contributed by atoms with E-state index in [0.717, 1.165) is 16.9 Å². The molecule has 6 heteroatoms. The number of halogens is 2. The molecular formula is C18H22F2N2O2. The number of carbonyl (C=O) groups is 1. The molecule has 24 heavy (non-hydrogen) atoms. The van der Waals surface area contributed by atoms with Gasteiger partial charge in [0, 0.05) is 12.6 Å². The Morgan fingerprint density at radius 3 is 2.71 bits per heavy atom. The summed E-state index contributed by atoms with van der Waals surface area (Å²) in [5, 5.41) is 11.9. The van der Waals surface area contributed by atoms with Gasteiger partial charge in [-0.1, -0.05) is 42.0 Å². The molecule has 0 bridgehead atoms. The Morgan fingerprint density at radius 2 is 2.08 bits per heavy atom. The third kappa shape index (κ3) is 3.75. The molecule has 1 amide bonds. The molecule has 0 aromatic heterocycles. The third-order valence-electron chi connectivity index (χ3n) is 4.85. The van der Waals surface area contributed by atoms with Crippen LogP contribution in [0.2, 0.25) is 0 Å². The first kappa shape index (κ1) is 16.9. The van der Waals surface area contributed by atoms with Crippen molar-refractivity contribution < 1.29 is 18.7 Å². The zero-order valence-electron chi connectivity index (χ0n) is 13.6. The normalized spacial score (nSPS) is 29.4. The average molecular weight is 336 g/mol. The number of benzene rings is 1. The van der Waals surface area contributed by atoms with Crippen molar-refractivity contribution in [2.24, 2.45) is 5.92 Å². The van der Waals surface area contributed by atoms with Gasteiger partial charge < -0.3 is 15.3 Å². The first-order valence-corrected chi connectivity index (χ1v) is 8.22. The van der Waals surface area contributed by atoms with Crippen molar-refractivity contribution in [1.29, 1.82) is 0 Å². The molecule has 1 saturated carbocycles. The summed E-state index contributed by atoms with van der Waals surface area (Å²) >= 11 is 0. The highest BCUT2D eigenvalue weighted by atomic mass is 19.3. The zero-order valence-corrected chi connectivity index (χ0v) is 13.6. The largest absolute Gasteiger partial charge is 0.465 e. The number of piperidine rings is 1. The molecule has 1 saturated heterocycles. The lowest BCUT2D eigenvalue weighted by molar-refractivity contribution is -0.0843. The predicted molar refractivity (Wildman–Crippen MR) is 88.1 cm³/mol. The van der Waals surface area contributed by atoms with Crippen molar-refractivity contribution in [3.05, 3.63) is 41.5 Å². The van der Waals surface area contributed by atoms with Crippen LogP contribution in [0.25, 0.3) is 6.08 Å². The van der Waals surface area contributed by atoms with Gasteiger partial charge >= 0.3 is 6.09 Å². The summed E-state index contributed by atoms with van der Waals surface area (Å²) < 4.78 is 28.3. The minimum atomic E-state index is -3.03. The molecule has 0 spiro atoms. The van der Waals surface area contributed by atoms with Crippen LogP contribution in [0.3, 0.4) is 0 Å². The van der Waals surface area contributed by atoms with Gasteiger partial charge in [-0.05, 0) is 31.2 Å². The van der Waals surface area contributed by atoms with E-state index in [-0.39, 0.29) is 24.9 Å². The summed E-state index contributed by atoms with van der Waals surface area (Å²) in [6.45, 7) is 1.46. The lowest BCUT2D eigenvalue weighted by Crippen LogP contribution is -2.58. The van der Waals surface area contributed by atoms with Gasteiger partial charge in [0.1, 0.15) is 0 Å². The van der Waals surface area contributed by atoms with Crippen molar-refractivity contribution in [3.8, 4) is 0 Å². The number of carboxylic acid groups (broad SMARTS) is 1. The molecular weight excluding hydrogens is 314 g/mol. The highest BCUT2D eigenvalue weighted by molar-refractivity contribution is 5.65. The number of likely N-dealkylation sites (tertiary alicyclic amines) is 1. The number of rotatable bonds is 4. The number of alkyl halides is 2. The van der Waals surface area contributed by atoms with Crippen molar-refractivity contribution in [2.45, 2.75) is 37.8 Å². The van der Waals surface area contributed by atoms with E-state index in [1.807, 2.05) is 37.3 Å². The highest BCUT2D eigenvalue weighted by Crippen LogP contribution is 2.40. The Labute approximate surface area is 140 Å². The van der Waals surface area contributed by atoms with Crippen LogP contribution in [0, 0.1) is 5.92 Å². The quantitative estimate of drug-likeness (QED) is 0.885. The molecule has 1 aromatic carbocycles. The van der Waals surface area contributed by atoms with Crippen LogP contribution >= 0.6 is 0 Å². The molecule has 1 aliphatic heterocycles. The SMILES string of the molecule is CC(=Cc1ccccc1)C1CC1NC1CCN(C(=O)O)CC1(F)F. The van der Waals surface area contributed by atoms with Crippen molar-refractivity contribution >= 4 is 12.2 Å². The molecule has 3 atom stereocenters. The first-order valence-electron chi connectivity index (χ1n) is 8.22. The van der Waals surface area contributed by atoms with E-state index in [9.17, 15) is 13.6 Å². The van der Waals surface area contributed by atoms with Gasteiger partial charge in [0.05, 0.1) is 12.6 Å². The molecule has 2 fully saturated rings. The Hall–Kier alpha value is -1.95. The Morgan fingerprint density at radius 1 is 1.38 bits per heavy atom. The number of nitrogens with zero attached hydrogens (tertiary/aromatic N) is 1. The zero-order chi connectivity index (χ0) is 17.3. The van der Waals surface area contributed by atoms with Crippen molar-refractivity contribution in [2.75, 3.05) is 13.1 Å². The van der Waals surface area contributed by atoms with Crippen LogP contribution in [0.15, 0.2) is 35.9 Å². The van der Waals surface area contributed by atoms with E-state index < -0.39 is 24.6 Å². The third-order valence-corrected chi connectivity index (χ3v) is 4.85. The second-order valence-electron chi connectivity index (χ2n) is 6.72. The summed E-state index contributed by atoms with van der Waals surface area (Å²) in [4.78, 5) is 11.7. The average Bonchev–Trinajstić information content (AvgIpc) is 3.29. The van der Waals surface area contributed by atoms with Crippen LogP contribution in [-0.4, -0.2) is 47.2 Å². The molecule has 130 valence electrons. The molecule has 3 rings (SSSR count). The molecule has 4 nitrogen and oxygen atoms in total. The first-order chi connectivity index (χ1) is 11.4. The number of hydrogen-bond acceptors (Lipinski definition) is 2. The second kappa shape index (κ2) is 6.51. The fourth-order valence-corrected chi connectivity index (χ4v) is 3.37. The lowest BCUT2D eigenvalue weighted by Gasteiger charge is -2.37. The van der Waals surface area contributed by atoms with Crippen LogP contribution in [0.1, 0.15) is 25.3 Å². The van der Waals surface area contributed by atoms with E-state index in [2.05, 4.69) is 11.4 Å². The smallest absolute Gasteiger partial charge is 0.407 e. The second-order valence-corrected chi connectivity index (χ2v) is 6.72. The molecule has 1 aromatic rings. The molecule has 3 unspecified atom stereocenters. The molecule has 1 aliphatic carbocycles. The van der Waals surface area contributed by atoms with Crippen molar-refractivity contribution in [3.63, 3.8) is 0 Å². The summed E-state index contributed by atoms with van der Waals surface area (Å²) in [6, 6.07) is 9.04. The molecule has 2 N–H and O–H groups in total. The summed E-state index contributed by atoms with van der Waals surface area (Å²) in [6.07, 6.45) is 1.81. The molecule has 1 heterocycles. The topological polar surface area (TPSA) is 52.6 Å². The van der Waals surface area contributed by atoms with Gasteiger partial charge in [0.25, 0.3) is 5.92 Å². The van der Waals surface area contributed by atoms with Crippen LogP contribution in [0.5, 0.6) is 0 Å². The minimum absolute atomic E-state index is 0.0530. The maximum absolute atomic E-state index is 14.2. The fraction of sp³-hybridized carbons (Fsp3) is 0.500. The fourth-order valence-electron chi connectivity index (χ4n) is 3.37. The van der Waals surface area contributed by atoms with Crippen LogP contribution in [-0.2, 0) is 0 Å². The van der Waals surface area contributed by atoms with Gasteiger partial charge in [-0.3, -0.25) is 0 Å². The Balaban J connectivity index is 1.57. The van der Waals surface area contributed by atoms with Gasteiger partial charge in [0.15, 0.2) is 0 Å². The number of hydrogen-bond donors (Lipinski definition) is 2. The van der Waals surface area contributed by atoms with Crippen LogP contribution in [0.4, 0.5) is 13.6 Å². The van der Waals surface area contributed by atoms with Gasteiger partial charge in [-0.25, -0.2) is 13.6 Å². The summed E-state index contributed by atoms with van der Waals surface area (Å²) in [7, 11) is 0. The van der Waals surface area contributed by atoms with Gasteiger partial charge in [0.2, 0.25) is 0 Å². The highest BCUT2D eigenvalue weighted by Gasteiger charge is 2.49. The monoisotopic (exact) mass is 336 g/mol. The van der Waals surface area contributed by atoms with Crippen LogP contribution < -0.4 is 5.32 Å². The van der Waals surface area contributed by atoms with Crippen molar-refractivity contribution in [1.82, 2.24) is 10.2 Å².